The molecule has 4 N–H and O–H groups in total. The van der Waals surface area contributed by atoms with Crippen molar-refractivity contribution >= 4 is 51.4 Å². The van der Waals surface area contributed by atoms with Crippen molar-refractivity contribution in [2.45, 2.75) is 10.6 Å². The third kappa shape index (κ3) is 7.05. The zero-order valence-corrected chi connectivity index (χ0v) is 17.9. The van der Waals surface area contributed by atoms with Gasteiger partial charge in [-0.25, -0.2) is 0 Å². The highest BCUT2D eigenvalue weighted by Gasteiger charge is 2.09. The van der Waals surface area contributed by atoms with Crippen molar-refractivity contribution in [3.63, 3.8) is 0 Å². The zero-order valence-electron chi connectivity index (χ0n) is 14.8. The summed E-state index contributed by atoms with van der Waals surface area (Å²) in [5.74, 6) is 6.38. The molecule has 0 aliphatic rings. The van der Waals surface area contributed by atoms with E-state index in [1.54, 1.807) is 18.9 Å². The Bertz CT molecular complexity index is 721. The van der Waals surface area contributed by atoms with Crippen LogP contribution in [0.2, 0.25) is 5.02 Å². The van der Waals surface area contributed by atoms with E-state index in [9.17, 15) is 4.79 Å². The summed E-state index contributed by atoms with van der Waals surface area (Å²) in [6.45, 7) is 0. The predicted molar refractivity (Wildman–Crippen MR) is 112 cm³/mol. The Morgan fingerprint density at radius 3 is 2.65 bits per heavy atom. The molecule has 0 unspecified atom stereocenters. The summed E-state index contributed by atoms with van der Waals surface area (Å²) < 4.78 is 6.42. The third-order valence-electron chi connectivity index (χ3n) is 3.25. The minimum atomic E-state index is 0.569. The van der Waals surface area contributed by atoms with E-state index in [0.29, 0.717) is 6.41 Å². The second-order valence-corrected chi connectivity index (χ2v) is 7.29. The van der Waals surface area contributed by atoms with Gasteiger partial charge in [-0.3, -0.25) is 15.6 Å². The van der Waals surface area contributed by atoms with Gasteiger partial charge in [-0.1, -0.05) is 33.6 Å². The van der Waals surface area contributed by atoms with E-state index in [1.807, 2.05) is 37.4 Å². The van der Waals surface area contributed by atoms with E-state index in [-0.39, 0.29) is 0 Å². The summed E-state index contributed by atoms with van der Waals surface area (Å²) in [4.78, 5) is 10.6. The average Bonchev–Trinajstić information content (AvgIpc) is 2.66. The number of nitrogens with zero attached hydrogens (tertiary/aromatic N) is 1. The number of thioether (sulfide) groups is 1. The van der Waals surface area contributed by atoms with Crippen LogP contribution in [0.3, 0.4) is 0 Å². The van der Waals surface area contributed by atoms with Crippen LogP contribution in [-0.4, -0.2) is 32.6 Å². The molecule has 0 saturated carbocycles. The maximum Gasteiger partial charge on any atom is 0.224 e. The van der Waals surface area contributed by atoms with Gasteiger partial charge in [0.25, 0.3) is 0 Å². The van der Waals surface area contributed by atoms with Crippen molar-refractivity contribution in [2.75, 3.05) is 26.5 Å². The molecule has 0 bridgehead atoms. The first-order chi connectivity index (χ1) is 12.5. The Labute approximate surface area is 171 Å². The second-order valence-electron chi connectivity index (χ2n) is 4.95. The quantitative estimate of drug-likeness (QED) is 0.251. The van der Waals surface area contributed by atoms with Crippen LogP contribution in [0.15, 0.2) is 45.8 Å². The lowest BCUT2D eigenvalue weighted by Gasteiger charge is -2.12. The molecule has 2 aromatic carbocycles. The number of amides is 1. The molecule has 0 aromatic heterocycles. The molecule has 9 heteroatoms. The van der Waals surface area contributed by atoms with Gasteiger partial charge in [-0.2, -0.15) is 5.53 Å². The van der Waals surface area contributed by atoms with Crippen LogP contribution >= 0.6 is 39.3 Å². The number of carbonyl (C=O) groups excluding carboxylic acids is 1. The Hall–Kier alpha value is -1.45. The molecule has 0 aliphatic heterocycles. The number of carbonyl (C=O) groups is 1. The molecular weight excluding hydrogens is 440 g/mol. The summed E-state index contributed by atoms with van der Waals surface area (Å²) in [7, 11) is 5.09. The highest BCUT2D eigenvalue weighted by Crippen LogP contribution is 2.37. The van der Waals surface area contributed by atoms with Crippen LogP contribution in [0.4, 0.5) is 5.69 Å². The number of hydrazine groups is 2. The lowest BCUT2D eigenvalue weighted by atomic mass is 10.2. The maximum absolute atomic E-state index is 9.52. The number of rotatable bonds is 7. The van der Waals surface area contributed by atoms with E-state index in [0.717, 1.165) is 42.2 Å². The Balaban J connectivity index is 0.000000487. The highest BCUT2D eigenvalue weighted by atomic mass is 79.9. The third-order valence-corrected chi connectivity index (χ3v) is 5.16. The minimum Gasteiger partial charge on any atom is -0.496 e. The molecule has 0 atom stereocenters. The lowest BCUT2D eigenvalue weighted by Crippen LogP contribution is -2.38. The largest absolute Gasteiger partial charge is 0.496 e. The summed E-state index contributed by atoms with van der Waals surface area (Å²) in [6.07, 6.45) is 0.569. The molecule has 142 valence electrons. The highest BCUT2D eigenvalue weighted by molar-refractivity contribution is 9.10. The summed E-state index contributed by atoms with van der Waals surface area (Å²) in [5, 5.41) is 5.05. The van der Waals surface area contributed by atoms with Crippen LogP contribution in [-0.2, 0) is 10.5 Å². The number of nitrogens with two attached hydrogens (primary N) is 1. The summed E-state index contributed by atoms with van der Waals surface area (Å²) in [5.41, 5.74) is 4.24. The number of halogens is 2. The summed E-state index contributed by atoms with van der Waals surface area (Å²) >= 11 is 11.5. The van der Waals surface area contributed by atoms with E-state index < -0.39 is 0 Å². The van der Waals surface area contributed by atoms with Crippen LogP contribution in [0.25, 0.3) is 0 Å². The standard InChI is InChI=1S/C15H15BrClNOS.C2H7N3O/c1-18-13-5-3-4-12(17)11(13)9-20-15-8-10(16)6-7-14(15)19-2;1-5(2-6)4-3/h3-8,18H,9H2,1-2H3;2,4H,3H2,1H3. The molecular formula is C17H22BrClN4O2S. The smallest absolute Gasteiger partial charge is 0.224 e. The van der Waals surface area contributed by atoms with Crippen LogP contribution in [0.5, 0.6) is 5.75 Å². The van der Waals surface area contributed by atoms with E-state index in [2.05, 4.69) is 32.8 Å². The fraction of sp³-hybridized carbons (Fsp3) is 0.235. The molecule has 2 aromatic rings. The van der Waals surface area contributed by atoms with Crippen LogP contribution < -0.4 is 21.4 Å². The number of benzene rings is 2. The van der Waals surface area contributed by atoms with Gasteiger partial charge < -0.3 is 10.1 Å². The monoisotopic (exact) mass is 460 g/mol. The predicted octanol–water partition coefficient (Wildman–Crippen LogP) is 3.90. The molecule has 0 aliphatic carbocycles. The van der Waals surface area contributed by atoms with Gasteiger partial charge in [0.05, 0.1) is 12.0 Å². The number of hydrogen-bond donors (Lipinski definition) is 3. The number of anilines is 1. The van der Waals surface area contributed by atoms with Gasteiger partial charge in [-0.15, -0.1) is 11.8 Å². The van der Waals surface area contributed by atoms with Crippen LogP contribution in [0, 0.1) is 0 Å². The van der Waals surface area contributed by atoms with E-state index in [4.69, 9.17) is 22.2 Å². The first-order valence-electron chi connectivity index (χ1n) is 7.52. The van der Waals surface area contributed by atoms with Crippen molar-refractivity contribution in [2.24, 2.45) is 5.84 Å². The number of methoxy groups -OCH3 is 1. The van der Waals surface area contributed by atoms with Crippen molar-refractivity contribution in [1.29, 1.82) is 0 Å². The van der Waals surface area contributed by atoms with Gasteiger partial charge in [0.15, 0.2) is 0 Å². The number of ether oxygens (including phenoxy) is 1. The number of nitrogens with one attached hydrogen (secondary N) is 2. The average molecular weight is 462 g/mol. The topological polar surface area (TPSA) is 79.6 Å². The molecule has 0 fully saturated rings. The SMILES string of the molecule is CN(C=O)NN.CNc1cccc(Cl)c1CSc1cc(Br)ccc1OC. The van der Waals surface area contributed by atoms with Crippen molar-refractivity contribution < 1.29 is 9.53 Å². The van der Waals surface area contributed by atoms with Gasteiger partial charge >= 0.3 is 0 Å². The maximum atomic E-state index is 9.52. The molecule has 0 spiro atoms. The molecule has 0 heterocycles. The van der Waals surface area contributed by atoms with Crippen molar-refractivity contribution in [3.05, 3.63) is 51.5 Å². The molecule has 6 nitrogen and oxygen atoms in total. The fourth-order valence-electron chi connectivity index (χ4n) is 1.88. The van der Waals surface area contributed by atoms with Crippen molar-refractivity contribution in [1.82, 2.24) is 10.5 Å². The molecule has 0 saturated heterocycles. The van der Waals surface area contributed by atoms with Gasteiger partial charge in [0.1, 0.15) is 5.75 Å². The van der Waals surface area contributed by atoms with Gasteiger partial charge in [0.2, 0.25) is 6.41 Å². The Kier molecular flexibility index (Phi) is 10.5. The van der Waals surface area contributed by atoms with Crippen molar-refractivity contribution in [3.8, 4) is 5.75 Å². The van der Waals surface area contributed by atoms with Gasteiger partial charge in [0, 0.05) is 40.6 Å². The minimum absolute atomic E-state index is 0.569. The second kappa shape index (κ2) is 12.0. The molecule has 2 rings (SSSR count). The zero-order chi connectivity index (χ0) is 19.5. The Morgan fingerprint density at radius 2 is 2.12 bits per heavy atom. The molecule has 1 amide bonds. The van der Waals surface area contributed by atoms with E-state index in [1.165, 1.54) is 7.05 Å². The van der Waals surface area contributed by atoms with Crippen LogP contribution in [0.1, 0.15) is 5.56 Å². The first kappa shape index (κ1) is 22.6. The summed E-state index contributed by atoms with van der Waals surface area (Å²) in [6, 6.07) is 11.9. The number of hydrogen-bond acceptors (Lipinski definition) is 6. The van der Waals surface area contributed by atoms with E-state index >= 15 is 0 Å². The van der Waals surface area contributed by atoms with Gasteiger partial charge in [-0.05, 0) is 30.3 Å². The lowest BCUT2D eigenvalue weighted by molar-refractivity contribution is -0.119. The molecule has 0 radical (unpaired) electrons. The Morgan fingerprint density at radius 1 is 1.38 bits per heavy atom. The molecule has 26 heavy (non-hydrogen) atoms. The first-order valence-corrected chi connectivity index (χ1v) is 9.68. The fourth-order valence-corrected chi connectivity index (χ4v) is 3.83. The normalized spacial score (nSPS) is 9.77.